The molecule has 0 aliphatic carbocycles. The Bertz CT molecular complexity index is 643. The van der Waals surface area contributed by atoms with Crippen molar-refractivity contribution >= 4 is 29.2 Å². The van der Waals surface area contributed by atoms with Gasteiger partial charge < -0.3 is 9.64 Å². The van der Waals surface area contributed by atoms with Crippen LogP contribution in [0, 0.1) is 0 Å². The molecule has 1 saturated heterocycles. The van der Waals surface area contributed by atoms with Gasteiger partial charge in [-0.2, -0.15) is 0 Å². The predicted octanol–water partition coefficient (Wildman–Crippen LogP) is 4.04. The normalized spacial score (nSPS) is 21.4. The molecule has 2 unspecified atom stereocenters. The summed E-state index contributed by atoms with van der Waals surface area (Å²) in [4.78, 5) is 11.1. The quantitative estimate of drug-likeness (QED) is 0.615. The first kappa shape index (κ1) is 16.6. The summed E-state index contributed by atoms with van der Waals surface area (Å²) in [7, 11) is 0. The SMILES string of the molecule is CC1CN(c2cc(SCc3ccc(Cl)cc3)ncn2)CC(C)O1. The van der Waals surface area contributed by atoms with Crippen molar-refractivity contribution in [3.63, 3.8) is 0 Å². The number of anilines is 1. The maximum atomic E-state index is 5.92. The van der Waals surface area contributed by atoms with Gasteiger partial charge in [0.1, 0.15) is 17.2 Å². The molecule has 0 spiro atoms. The molecule has 2 heterocycles. The Hall–Kier alpha value is -1.30. The summed E-state index contributed by atoms with van der Waals surface area (Å²) in [5.41, 5.74) is 1.23. The van der Waals surface area contributed by atoms with E-state index in [4.69, 9.17) is 16.3 Å². The molecule has 6 heteroatoms. The highest BCUT2D eigenvalue weighted by Gasteiger charge is 2.23. The van der Waals surface area contributed by atoms with Gasteiger partial charge in [0, 0.05) is 29.9 Å². The van der Waals surface area contributed by atoms with Crippen LogP contribution in [-0.4, -0.2) is 35.3 Å². The van der Waals surface area contributed by atoms with Gasteiger partial charge in [-0.15, -0.1) is 11.8 Å². The molecule has 3 rings (SSSR count). The highest BCUT2D eigenvalue weighted by atomic mass is 35.5. The Labute approximate surface area is 146 Å². The molecule has 0 radical (unpaired) electrons. The van der Waals surface area contributed by atoms with Crippen LogP contribution >= 0.6 is 23.4 Å². The second-order valence-corrected chi connectivity index (χ2v) is 7.22. The highest BCUT2D eigenvalue weighted by molar-refractivity contribution is 7.98. The second kappa shape index (κ2) is 7.51. The van der Waals surface area contributed by atoms with E-state index >= 15 is 0 Å². The van der Waals surface area contributed by atoms with E-state index in [-0.39, 0.29) is 12.2 Å². The van der Waals surface area contributed by atoms with Gasteiger partial charge in [-0.1, -0.05) is 23.7 Å². The fourth-order valence-corrected chi connectivity index (χ4v) is 3.63. The van der Waals surface area contributed by atoms with Gasteiger partial charge in [0.2, 0.25) is 0 Å². The number of nitrogens with zero attached hydrogens (tertiary/aromatic N) is 3. The van der Waals surface area contributed by atoms with Gasteiger partial charge in [0.05, 0.1) is 12.2 Å². The van der Waals surface area contributed by atoms with E-state index < -0.39 is 0 Å². The summed E-state index contributed by atoms with van der Waals surface area (Å²) >= 11 is 7.62. The molecule has 4 nitrogen and oxygen atoms in total. The van der Waals surface area contributed by atoms with Crippen LogP contribution in [0.4, 0.5) is 5.82 Å². The van der Waals surface area contributed by atoms with Crippen molar-refractivity contribution in [3.05, 3.63) is 47.2 Å². The number of morpholine rings is 1. The molecular weight excluding hydrogens is 330 g/mol. The van der Waals surface area contributed by atoms with Gasteiger partial charge in [-0.25, -0.2) is 9.97 Å². The molecule has 0 bridgehead atoms. The Balaban J connectivity index is 1.66. The van der Waals surface area contributed by atoms with Gasteiger partial charge in [0.15, 0.2) is 0 Å². The zero-order valence-corrected chi connectivity index (χ0v) is 14.8. The fraction of sp³-hybridized carbons (Fsp3) is 0.412. The molecule has 1 aromatic heterocycles. The topological polar surface area (TPSA) is 38.2 Å². The van der Waals surface area contributed by atoms with Gasteiger partial charge in [0.25, 0.3) is 0 Å². The van der Waals surface area contributed by atoms with Crippen LogP contribution in [-0.2, 0) is 10.5 Å². The van der Waals surface area contributed by atoms with Crippen LogP contribution in [0.1, 0.15) is 19.4 Å². The second-order valence-electron chi connectivity index (χ2n) is 5.79. The molecule has 1 fully saturated rings. The number of aromatic nitrogens is 2. The van der Waals surface area contributed by atoms with Crippen LogP contribution < -0.4 is 4.90 Å². The average Bonchev–Trinajstić information content (AvgIpc) is 2.54. The number of hydrogen-bond acceptors (Lipinski definition) is 5. The summed E-state index contributed by atoms with van der Waals surface area (Å²) in [5, 5.41) is 1.75. The van der Waals surface area contributed by atoms with E-state index in [0.717, 1.165) is 34.7 Å². The average molecular weight is 350 g/mol. The van der Waals surface area contributed by atoms with E-state index in [0.29, 0.717) is 0 Å². The Morgan fingerprint density at radius 3 is 2.57 bits per heavy atom. The lowest BCUT2D eigenvalue weighted by Gasteiger charge is -2.36. The van der Waals surface area contributed by atoms with Crippen molar-refractivity contribution < 1.29 is 4.74 Å². The minimum Gasteiger partial charge on any atom is -0.372 e. The first-order chi connectivity index (χ1) is 11.1. The summed E-state index contributed by atoms with van der Waals surface area (Å²) in [6, 6.07) is 9.98. The van der Waals surface area contributed by atoms with Crippen LogP contribution in [0.3, 0.4) is 0 Å². The van der Waals surface area contributed by atoms with Crippen molar-refractivity contribution in [2.24, 2.45) is 0 Å². The number of thioether (sulfide) groups is 1. The molecule has 1 aromatic carbocycles. The summed E-state index contributed by atoms with van der Waals surface area (Å²) in [5.74, 6) is 1.84. The zero-order chi connectivity index (χ0) is 16.2. The third-order valence-corrected chi connectivity index (χ3v) is 4.92. The number of rotatable bonds is 4. The fourth-order valence-electron chi connectivity index (χ4n) is 2.68. The summed E-state index contributed by atoms with van der Waals surface area (Å²) < 4.78 is 5.78. The maximum absolute atomic E-state index is 5.92. The maximum Gasteiger partial charge on any atom is 0.133 e. The third kappa shape index (κ3) is 4.59. The monoisotopic (exact) mass is 349 g/mol. The highest BCUT2D eigenvalue weighted by Crippen LogP contribution is 2.25. The molecule has 122 valence electrons. The minimum absolute atomic E-state index is 0.221. The lowest BCUT2D eigenvalue weighted by molar-refractivity contribution is -0.00548. The van der Waals surface area contributed by atoms with Crippen LogP contribution in [0.2, 0.25) is 5.02 Å². The van der Waals surface area contributed by atoms with Crippen molar-refractivity contribution in [1.82, 2.24) is 9.97 Å². The smallest absolute Gasteiger partial charge is 0.133 e. The van der Waals surface area contributed by atoms with Crippen molar-refractivity contribution in [3.8, 4) is 0 Å². The van der Waals surface area contributed by atoms with Crippen molar-refractivity contribution in [2.45, 2.75) is 36.8 Å². The standard InChI is InChI=1S/C17H20ClN3OS/c1-12-8-21(9-13(2)22-12)16-7-17(20-11-19-16)23-10-14-3-5-15(18)6-4-14/h3-7,11-13H,8-10H2,1-2H3. The molecule has 0 amide bonds. The van der Waals surface area contributed by atoms with E-state index in [1.807, 2.05) is 24.3 Å². The van der Waals surface area contributed by atoms with Gasteiger partial charge in [-0.3, -0.25) is 0 Å². The minimum atomic E-state index is 0.221. The molecule has 0 N–H and O–H groups in total. The molecular formula is C17H20ClN3OS. The van der Waals surface area contributed by atoms with Crippen molar-refractivity contribution in [1.29, 1.82) is 0 Å². The lowest BCUT2D eigenvalue weighted by Crippen LogP contribution is -2.45. The van der Waals surface area contributed by atoms with Crippen LogP contribution in [0.5, 0.6) is 0 Å². The molecule has 2 atom stereocenters. The molecule has 1 aliphatic rings. The summed E-state index contributed by atoms with van der Waals surface area (Å²) in [6.45, 7) is 5.92. The molecule has 1 aliphatic heterocycles. The first-order valence-corrected chi connectivity index (χ1v) is 9.06. The molecule has 2 aromatic rings. The summed E-state index contributed by atoms with van der Waals surface area (Å²) in [6.07, 6.45) is 2.09. The van der Waals surface area contributed by atoms with Crippen molar-refractivity contribution in [2.75, 3.05) is 18.0 Å². The largest absolute Gasteiger partial charge is 0.372 e. The van der Waals surface area contributed by atoms with E-state index in [2.05, 4.69) is 34.8 Å². The number of hydrogen-bond donors (Lipinski definition) is 0. The molecule has 23 heavy (non-hydrogen) atoms. The van der Waals surface area contributed by atoms with Crippen LogP contribution in [0.25, 0.3) is 0 Å². The number of benzene rings is 1. The third-order valence-electron chi connectivity index (χ3n) is 3.67. The van der Waals surface area contributed by atoms with E-state index in [1.165, 1.54) is 5.56 Å². The Kier molecular flexibility index (Phi) is 5.41. The van der Waals surface area contributed by atoms with Crippen LogP contribution in [0.15, 0.2) is 41.7 Å². The van der Waals surface area contributed by atoms with E-state index in [1.54, 1.807) is 18.1 Å². The van der Waals surface area contributed by atoms with E-state index in [9.17, 15) is 0 Å². The Morgan fingerprint density at radius 2 is 1.87 bits per heavy atom. The molecule has 0 saturated carbocycles. The predicted molar refractivity (Wildman–Crippen MR) is 95.3 cm³/mol. The lowest BCUT2D eigenvalue weighted by atomic mass is 10.2. The first-order valence-electron chi connectivity index (χ1n) is 7.70. The van der Waals surface area contributed by atoms with Gasteiger partial charge >= 0.3 is 0 Å². The van der Waals surface area contributed by atoms with Gasteiger partial charge in [-0.05, 0) is 31.5 Å². The Morgan fingerprint density at radius 1 is 1.17 bits per heavy atom. The number of halogens is 1. The zero-order valence-electron chi connectivity index (χ0n) is 13.3. The number of ether oxygens (including phenoxy) is 1.